The number of halogens is 1. The molecule has 0 aliphatic carbocycles. The zero-order chi connectivity index (χ0) is 17.6. The Kier molecular flexibility index (Phi) is 5.39. The average molecular weight is 346 g/mol. The summed E-state index contributed by atoms with van der Waals surface area (Å²) < 4.78 is 24.3. The number of ether oxygens (including phenoxy) is 2. The summed E-state index contributed by atoms with van der Waals surface area (Å²) in [6, 6.07) is 6.37. The van der Waals surface area contributed by atoms with Gasteiger partial charge in [0, 0.05) is 13.1 Å². The van der Waals surface area contributed by atoms with Gasteiger partial charge in [-0.15, -0.1) is 0 Å². The normalized spacial score (nSPS) is 17.3. The van der Waals surface area contributed by atoms with Crippen LogP contribution in [0.1, 0.15) is 6.42 Å². The molecule has 0 radical (unpaired) electrons. The molecule has 1 amide bonds. The number of methoxy groups -OCH3 is 1. The van der Waals surface area contributed by atoms with E-state index in [2.05, 4.69) is 15.3 Å². The number of anilines is 1. The SMILES string of the molecule is COc1cnc(OC2CCN(CC(=O)Nc3ccccc3F)C2)nc1. The summed E-state index contributed by atoms with van der Waals surface area (Å²) in [5, 5.41) is 2.58. The topological polar surface area (TPSA) is 76.6 Å². The first kappa shape index (κ1) is 17.1. The first-order valence-electron chi connectivity index (χ1n) is 7.93. The van der Waals surface area contributed by atoms with Gasteiger partial charge in [-0.2, -0.15) is 9.97 Å². The predicted molar refractivity (Wildman–Crippen MR) is 89.1 cm³/mol. The lowest BCUT2D eigenvalue weighted by Crippen LogP contribution is -2.33. The lowest BCUT2D eigenvalue weighted by atomic mass is 10.3. The van der Waals surface area contributed by atoms with Gasteiger partial charge in [-0.05, 0) is 18.6 Å². The van der Waals surface area contributed by atoms with Gasteiger partial charge in [-0.1, -0.05) is 12.1 Å². The summed E-state index contributed by atoms with van der Waals surface area (Å²) in [5.74, 6) is -0.146. The van der Waals surface area contributed by atoms with Gasteiger partial charge in [0.2, 0.25) is 5.91 Å². The average Bonchev–Trinajstić information content (AvgIpc) is 3.04. The fourth-order valence-electron chi connectivity index (χ4n) is 2.61. The number of carbonyl (C=O) groups is 1. The number of hydrogen-bond acceptors (Lipinski definition) is 6. The number of rotatable bonds is 6. The van der Waals surface area contributed by atoms with Crippen molar-refractivity contribution in [1.82, 2.24) is 14.9 Å². The van der Waals surface area contributed by atoms with E-state index in [9.17, 15) is 9.18 Å². The smallest absolute Gasteiger partial charge is 0.316 e. The van der Waals surface area contributed by atoms with E-state index in [4.69, 9.17) is 9.47 Å². The standard InChI is InChI=1S/C17H19FN4O3/c1-24-13-8-19-17(20-9-13)25-12-6-7-22(10-12)11-16(23)21-15-5-3-2-4-14(15)18/h2-5,8-9,12H,6-7,10-11H2,1H3,(H,21,23). The number of hydrogen-bond donors (Lipinski definition) is 1. The van der Waals surface area contributed by atoms with E-state index in [-0.39, 0.29) is 30.3 Å². The number of benzene rings is 1. The van der Waals surface area contributed by atoms with Crippen molar-refractivity contribution in [1.29, 1.82) is 0 Å². The molecule has 1 aliphatic heterocycles. The van der Waals surface area contributed by atoms with Crippen LogP contribution in [0.25, 0.3) is 0 Å². The van der Waals surface area contributed by atoms with Crippen LogP contribution in [0.15, 0.2) is 36.7 Å². The number of para-hydroxylation sites is 1. The molecule has 1 aliphatic rings. The molecule has 1 N–H and O–H groups in total. The Morgan fingerprint density at radius 2 is 2.12 bits per heavy atom. The fraction of sp³-hybridized carbons (Fsp3) is 0.353. The lowest BCUT2D eigenvalue weighted by Gasteiger charge is -2.16. The predicted octanol–water partition coefficient (Wildman–Crippen LogP) is 1.72. The number of carbonyl (C=O) groups excluding carboxylic acids is 1. The molecular weight excluding hydrogens is 327 g/mol. The van der Waals surface area contributed by atoms with Crippen LogP contribution < -0.4 is 14.8 Å². The number of nitrogens with zero attached hydrogens (tertiary/aromatic N) is 3. The fourth-order valence-corrected chi connectivity index (χ4v) is 2.61. The molecule has 132 valence electrons. The molecule has 1 fully saturated rings. The van der Waals surface area contributed by atoms with Gasteiger partial charge in [0.15, 0.2) is 5.75 Å². The largest absolute Gasteiger partial charge is 0.494 e. The molecule has 1 atom stereocenters. The van der Waals surface area contributed by atoms with Crippen LogP contribution in [0.2, 0.25) is 0 Å². The first-order valence-corrected chi connectivity index (χ1v) is 7.93. The maximum Gasteiger partial charge on any atom is 0.316 e. The van der Waals surface area contributed by atoms with Gasteiger partial charge < -0.3 is 14.8 Å². The Morgan fingerprint density at radius 3 is 2.84 bits per heavy atom. The summed E-state index contributed by atoms with van der Waals surface area (Å²) in [6.45, 7) is 1.48. The summed E-state index contributed by atoms with van der Waals surface area (Å²) >= 11 is 0. The first-order chi connectivity index (χ1) is 12.1. The molecule has 0 spiro atoms. The van der Waals surface area contributed by atoms with Crippen molar-refractivity contribution >= 4 is 11.6 Å². The van der Waals surface area contributed by atoms with E-state index in [1.807, 2.05) is 4.90 Å². The van der Waals surface area contributed by atoms with Crippen molar-refractivity contribution in [2.75, 3.05) is 32.1 Å². The Bertz CT molecular complexity index is 726. The molecule has 8 heteroatoms. The highest BCUT2D eigenvalue weighted by Crippen LogP contribution is 2.17. The van der Waals surface area contributed by atoms with Crippen LogP contribution in [0, 0.1) is 5.82 Å². The minimum absolute atomic E-state index is 0.0883. The van der Waals surface area contributed by atoms with Crippen LogP contribution in [-0.2, 0) is 4.79 Å². The number of aromatic nitrogens is 2. The van der Waals surface area contributed by atoms with E-state index >= 15 is 0 Å². The number of likely N-dealkylation sites (tertiary alicyclic amines) is 1. The molecule has 1 unspecified atom stereocenters. The zero-order valence-corrected chi connectivity index (χ0v) is 13.8. The Balaban J connectivity index is 1.47. The second-order valence-corrected chi connectivity index (χ2v) is 5.70. The van der Waals surface area contributed by atoms with Crippen molar-refractivity contribution in [2.24, 2.45) is 0 Å². The summed E-state index contributed by atoms with van der Waals surface area (Å²) in [6.07, 6.45) is 3.76. The molecule has 3 rings (SSSR count). The number of amides is 1. The molecule has 1 saturated heterocycles. The van der Waals surface area contributed by atoms with E-state index in [0.29, 0.717) is 18.8 Å². The van der Waals surface area contributed by atoms with Crippen molar-refractivity contribution in [3.05, 3.63) is 42.5 Å². The lowest BCUT2D eigenvalue weighted by molar-refractivity contribution is -0.117. The minimum atomic E-state index is -0.449. The van der Waals surface area contributed by atoms with Crippen LogP contribution in [0.3, 0.4) is 0 Å². The van der Waals surface area contributed by atoms with E-state index in [0.717, 1.165) is 6.42 Å². The third-order valence-electron chi connectivity index (χ3n) is 3.86. The van der Waals surface area contributed by atoms with Crippen molar-refractivity contribution in [2.45, 2.75) is 12.5 Å². The molecule has 25 heavy (non-hydrogen) atoms. The molecule has 1 aromatic carbocycles. The highest BCUT2D eigenvalue weighted by molar-refractivity contribution is 5.92. The third kappa shape index (κ3) is 4.63. The molecular formula is C17H19FN4O3. The number of nitrogens with one attached hydrogen (secondary N) is 1. The summed E-state index contributed by atoms with van der Waals surface area (Å²) in [7, 11) is 1.54. The van der Waals surface area contributed by atoms with E-state index < -0.39 is 5.82 Å². The minimum Gasteiger partial charge on any atom is -0.494 e. The highest BCUT2D eigenvalue weighted by Gasteiger charge is 2.26. The Labute approximate surface area is 144 Å². The van der Waals surface area contributed by atoms with Crippen LogP contribution in [0.4, 0.5) is 10.1 Å². The van der Waals surface area contributed by atoms with E-state index in [1.54, 1.807) is 19.2 Å². The van der Waals surface area contributed by atoms with Gasteiger partial charge in [0.05, 0.1) is 31.7 Å². The van der Waals surface area contributed by atoms with Gasteiger partial charge in [-0.3, -0.25) is 9.69 Å². The summed E-state index contributed by atoms with van der Waals surface area (Å²) in [5.41, 5.74) is 0.186. The van der Waals surface area contributed by atoms with Crippen LogP contribution in [0.5, 0.6) is 11.8 Å². The Morgan fingerprint density at radius 1 is 1.36 bits per heavy atom. The molecule has 2 heterocycles. The molecule has 0 bridgehead atoms. The van der Waals surface area contributed by atoms with Crippen LogP contribution in [-0.4, -0.2) is 53.6 Å². The van der Waals surface area contributed by atoms with Gasteiger partial charge in [0.25, 0.3) is 0 Å². The second-order valence-electron chi connectivity index (χ2n) is 5.70. The zero-order valence-electron chi connectivity index (χ0n) is 13.8. The van der Waals surface area contributed by atoms with Gasteiger partial charge in [0.1, 0.15) is 11.9 Å². The maximum absolute atomic E-state index is 13.6. The Hall–Kier alpha value is -2.74. The van der Waals surface area contributed by atoms with Crippen molar-refractivity contribution in [3.8, 4) is 11.8 Å². The van der Waals surface area contributed by atoms with Crippen molar-refractivity contribution < 1.29 is 18.7 Å². The second kappa shape index (κ2) is 7.89. The van der Waals surface area contributed by atoms with Gasteiger partial charge in [-0.25, -0.2) is 4.39 Å². The van der Waals surface area contributed by atoms with Gasteiger partial charge >= 0.3 is 6.01 Å². The van der Waals surface area contributed by atoms with E-state index in [1.165, 1.54) is 24.5 Å². The molecule has 7 nitrogen and oxygen atoms in total. The third-order valence-corrected chi connectivity index (χ3v) is 3.86. The maximum atomic E-state index is 13.6. The molecule has 1 aromatic heterocycles. The van der Waals surface area contributed by atoms with Crippen molar-refractivity contribution in [3.63, 3.8) is 0 Å². The highest BCUT2D eigenvalue weighted by atomic mass is 19.1. The quantitative estimate of drug-likeness (QED) is 0.858. The molecule has 2 aromatic rings. The monoisotopic (exact) mass is 346 g/mol. The van der Waals surface area contributed by atoms with Crippen LogP contribution >= 0.6 is 0 Å². The summed E-state index contributed by atoms with van der Waals surface area (Å²) in [4.78, 5) is 22.1. The molecule has 0 saturated carbocycles.